The molecule has 0 aromatic heterocycles. The van der Waals surface area contributed by atoms with Crippen LogP contribution in [0.5, 0.6) is 0 Å². The number of benzene rings is 1. The first-order valence-electron chi connectivity index (χ1n) is 9.66. The Balaban J connectivity index is 1.79. The van der Waals surface area contributed by atoms with Crippen molar-refractivity contribution in [3.8, 4) is 0 Å². The van der Waals surface area contributed by atoms with Crippen LogP contribution in [0.15, 0.2) is 24.3 Å². The third-order valence-electron chi connectivity index (χ3n) is 5.44. The number of unbranched alkanes of at least 4 members (excludes halogenated alkanes) is 1. The number of halogens is 1. The Bertz CT molecular complexity index is 716. The number of amides is 4. The normalized spacial score (nSPS) is 23.0. The summed E-state index contributed by atoms with van der Waals surface area (Å²) in [7, 11) is 0. The molecule has 0 bridgehead atoms. The van der Waals surface area contributed by atoms with Crippen LogP contribution in [-0.4, -0.2) is 35.3 Å². The molecule has 1 atom stereocenters. The van der Waals surface area contributed by atoms with Gasteiger partial charge in [-0.3, -0.25) is 14.5 Å². The summed E-state index contributed by atoms with van der Waals surface area (Å²) in [5.74, 6) is -1.18. The molecule has 2 N–H and O–H groups in total. The Hall–Kier alpha value is -2.44. The van der Waals surface area contributed by atoms with Gasteiger partial charge >= 0.3 is 6.03 Å². The maximum absolute atomic E-state index is 13.3. The number of carbonyl (C=O) groups excluding carboxylic acids is 3. The number of urea groups is 1. The quantitative estimate of drug-likeness (QED) is 0.720. The second kappa shape index (κ2) is 8.06. The summed E-state index contributed by atoms with van der Waals surface area (Å²) in [4.78, 5) is 39.0. The highest BCUT2D eigenvalue weighted by molar-refractivity contribution is 6.09. The second-order valence-electron chi connectivity index (χ2n) is 7.39. The lowest BCUT2D eigenvalue weighted by molar-refractivity contribution is -0.135. The second-order valence-corrected chi connectivity index (χ2v) is 7.39. The largest absolute Gasteiger partial charge is 0.352 e. The SMILES string of the molecule is CCCC[C@@]1(c2ccc(F)cc2)NC(=O)N(CC(=O)NC2CCCC2)C1=O. The van der Waals surface area contributed by atoms with Gasteiger partial charge in [-0.05, 0) is 37.0 Å². The van der Waals surface area contributed by atoms with Crippen LogP contribution in [-0.2, 0) is 15.1 Å². The van der Waals surface area contributed by atoms with E-state index in [-0.39, 0.29) is 18.5 Å². The molecule has 1 heterocycles. The number of nitrogens with one attached hydrogen (secondary N) is 2. The highest BCUT2D eigenvalue weighted by Gasteiger charge is 2.52. The molecular formula is C20H26FN3O3. The van der Waals surface area contributed by atoms with Crippen molar-refractivity contribution in [1.82, 2.24) is 15.5 Å². The first-order valence-corrected chi connectivity index (χ1v) is 9.66. The van der Waals surface area contributed by atoms with Crippen LogP contribution in [0.25, 0.3) is 0 Å². The molecule has 1 aliphatic carbocycles. The predicted octanol–water partition coefficient (Wildman–Crippen LogP) is 2.82. The smallest absolute Gasteiger partial charge is 0.325 e. The van der Waals surface area contributed by atoms with Crippen molar-refractivity contribution in [3.05, 3.63) is 35.6 Å². The Kier molecular flexibility index (Phi) is 5.77. The summed E-state index contributed by atoms with van der Waals surface area (Å²) < 4.78 is 13.3. The fourth-order valence-electron chi connectivity index (χ4n) is 3.94. The first kappa shape index (κ1) is 19.3. The minimum atomic E-state index is -1.24. The Morgan fingerprint density at radius 2 is 1.93 bits per heavy atom. The minimum Gasteiger partial charge on any atom is -0.352 e. The van der Waals surface area contributed by atoms with Gasteiger partial charge in [0.1, 0.15) is 17.9 Å². The zero-order valence-corrected chi connectivity index (χ0v) is 15.6. The summed E-state index contributed by atoms with van der Waals surface area (Å²) in [5.41, 5.74) is -0.705. The number of imide groups is 1. The zero-order chi connectivity index (χ0) is 19.4. The molecule has 2 aliphatic rings. The van der Waals surface area contributed by atoms with Crippen LogP contribution in [0, 0.1) is 5.82 Å². The van der Waals surface area contributed by atoms with E-state index in [0.717, 1.165) is 37.0 Å². The minimum absolute atomic E-state index is 0.125. The monoisotopic (exact) mass is 375 g/mol. The molecule has 2 fully saturated rings. The van der Waals surface area contributed by atoms with E-state index in [4.69, 9.17) is 0 Å². The molecule has 27 heavy (non-hydrogen) atoms. The number of hydrogen-bond donors (Lipinski definition) is 2. The van der Waals surface area contributed by atoms with Gasteiger partial charge in [-0.2, -0.15) is 0 Å². The van der Waals surface area contributed by atoms with E-state index in [1.165, 1.54) is 24.3 Å². The Labute approximate surface area is 158 Å². The molecule has 4 amide bonds. The summed E-state index contributed by atoms with van der Waals surface area (Å²) in [6.45, 7) is 1.70. The van der Waals surface area contributed by atoms with Crippen molar-refractivity contribution in [2.75, 3.05) is 6.54 Å². The molecule has 0 spiro atoms. The average molecular weight is 375 g/mol. The molecule has 1 saturated heterocycles. The van der Waals surface area contributed by atoms with Crippen LogP contribution in [0.1, 0.15) is 57.4 Å². The Morgan fingerprint density at radius 1 is 1.26 bits per heavy atom. The first-order chi connectivity index (χ1) is 13.0. The van der Waals surface area contributed by atoms with Gasteiger partial charge < -0.3 is 10.6 Å². The van der Waals surface area contributed by atoms with Crippen molar-refractivity contribution in [3.63, 3.8) is 0 Å². The van der Waals surface area contributed by atoms with Crippen molar-refractivity contribution >= 4 is 17.8 Å². The number of carbonyl (C=O) groups is 3. The summed E-state index contributed by atoms with van der Waals surface area (Å²) >= 11 is 0. The van der Waals surface area contributed by atoms with Crippen LogP contribution in [0.3, 0.4) is 0 Å². The molecule has 1 aromatic rings. The summed E-state index contributed by atoms with van der Waals surface area (Å²) in [6.07, 6.45) is 5.99. The molecule has 1 saturated carbocycles. The van der Waals surface area contributed by atoms with Crippen LogP contribution < -0.4 is 10.6 Å². The molecular weight excluding hydrogens is 349 g/mol. The molecule has 3 rings (SSSR count). The van der Waals surface area contributed by atoms with Crippen LogP contribution in [0.4, 0.5) is 9.18 Å². The van der Waals surface area contributed by atoms with E-state index < -0.39 is 23.3 Å². The lowest BCUT2D eigenvalue weighted by Crippen LogP contribution is -2.46. The van der Waals surface area contributed by atoms with Gasteiger partial charge in [-0.15, -0.1) is 0 Å². The third kappa shape index (κ3) is 3.96. The van der Waals surface area contributed by atoms with Gasteiger partial charge in [-0.25, -0.2) is 9.18 Å². The van der Waals surface area contributed by atoms with Crippen LogP contribution >= 0.6 is 0 Å². The molecule has 0 radical (unpaired) electrons. The van der Waals surface area contributed by atoms with E-state index >= 15 is 0 Å². The van der Waals surface area contributed by atoms with Crippen molar-refractivity contribution < 1.29 is 18.8 Å². The van der Waals surface area contributed by atoms with Crippen molar-refractivity contribution in [2.45, 2.75) is 63.5 Å². The number of rotatable bonds is 7. The maximum Gasteiger partial charge on any atom is 0.325 e. The van der Waals surface area contributed by atoms with Crippen LogP contribution in [0.2, 0.25) is 0 Å². The molecule has 1 aromatic carbocycles. The van der Waals surface area contributed by atoms with Gasteiger partial charge in [0.15, 0.2) is 0 Å². The lowest BCUT2D eigenvalue weighted by Gasteiger charge is -2.27. The number of hydrogen-bond acceptors (Lipinski definition) is 3. The highest BCUT2D eigenvalue weighted by Crippen LogP contribution is 2.34. The van der Waals surface area contributed by atoms with E-state index in [2.05, 4.69) is 10.6 Å². The van der Waals surface area contributed by atoms with Gasteiger partial charge in [0, 0.05) is 6.04 Å². The molecule has 1 aliphatic heterocycles. The predicted molar refractivity (Wildman–Crippen MR) is 98.2 cm³/mol. The lowest BCUT2D eigenvalue weighted by atomic mass is 9.85. The van der Waals surface area contributed by atoms with Gasteiger partial charge in [-0.1, -0.05) is 44.7 Å². The van der Waals surface area contributed by atoms with E-state index in [1.807, 2.05) is 6.92 Å². The van der Waals surface area contributed by atoms with Gasteiger partial charge in [0.2, 0.25) is 5.91 Å². The topological polar surface area (TPSA) is 78.5 Å². The molecule has 0 unspecified atom stereocenters. The molecule has 7 heteroatoms. The molecule has 146 valence electrons. The van der Waals surface area contributed by atoms with E-state index in [1.54, 1.807) is 0 Å². The van der Waals surface area contributed by atoms with E-state index in [9.17, 15) is 18.8 Å². The summed E-state index contributed by atoms with van der Waals surface area (Å²) in [6, 6.07) is 5.13. The van der Waals surface area contributed by atoms with Gasteiger partial charge in [0.05, 0.1) is 0 Å². The van der Waals surface area contributed by atoms with Crippen molar-refractivity contribution in [2.24, 2.45) is 0 Å². The standard InChI is InChI=1S/C20H26FN3O3/c1-2-3-12-20(14-8-10-15(21)11-9-14)18(26)24(19(27)23-20)13-17(25)22-16-6-4-5-7-16/h8-11,16H,2-7,12-13H2,1H3,(H,22,25)(H,23,27)/t20-/m0/s1. The highest BCUT2D eigenvalue weighted by atomic mass is 19.1. The van der Waals surface area contributed by atoms with Gasteiger partial charge in [0.25, 0.3) is 5.91 Å². The maximum atomic E-state index is 13.3. The number of nitrogens with zero attached hydrogens (tertiary/aromatic N) is 1. The zero-order valence-electron chi connectivity index (χ0n) is 15.6. The van der Waals surface area contributed by atoms with Crippen molar-refractivity contribution in [1.29, 1.82) is 0 Å². The summed E-state index contributed by atoms with van der Waals surface area (Å²) in [5, 5.41) is 5.67. The molecule has 6 nitrogen and oxygen atoms in total. The Morgan fingerprint density at radius 3 is 2.56 bits per heavy atom. The fraction of sp³-hybridized carbons (Fsp3) is 0.550. The third-order valence-corrected chi connectivity index (χ3v) is 5.44. The average Bonchev–Trinajstić information content (AvgIpc) is 3.23. The van der Waals surface area contributed by atoms with E-state index in [0.29, 0.717) is 18.4 Å². The fourth-order valence-corrected chi connectivity index (χ4v) is 3.94.